The average molecular weight is 302 g/mol. The van der Waals surface area contributed by atoms with Crippen molar-refractivity contribution in [3.63, 3.8) is 0 Å². The number of nitrogens with one attached hydrogen (secondary N) is 1. The van der Waals surface area contributed by atoms with E-state index in [0.29, 0.717) is 0 Å². The van der Waals surface area contributed by atoms with Gasteiger partial charge in [0, 0.05) is 0 Å². The Bertz CT molecular complexity index is 575. The van der Waals surface area contributed by atoms with Crippen molar-refractivity contribution in [3.8, 4) is 0 Å². The summed E-state index contributed by atoms with van der Waals surface area (Å²) in [6.45, 7) is 1.71. The monoisotopic (exact) mass is 301 g/mol. The summed E-state index contributed by atoms with van der Waals surface area (Å²) >= 11 is 5.62. The Balaban J connectivity index is 2.87. The second-order valence-electron chi connectivity index (χ2n) is 3.28. The Morgan fingerprint density at radius 2 is 2.00 bits per heavy atom. The van der Waals surface area contributed by atoms with Crippen LogP contribution in [-0.2, 0) is 4.74 Å². The van der Waals surface area contributed by atoms with Crippen LogP contribution < -0.4 is 22.5 Å². The number of hydrogen-bond acceptors (Lipinski definition) is 7. The fourth-order valence-electron chi connectivity index (χ4n) is 1.07. The third-order valence-electron chi connectivity index (χ3n) is 1.84. The van der Waals surface area contributed by atoms with E-state index >= 15 is 0 Å². The number of ether oxygens (including phenoxy) is 1. The van der Waals surface area contributed by atoms with Gasteiger partial charge in [-0.2, -0.15) is 0 Å². The molecule has 1 aromatic rings. The summed E-state index contributed by atoms with van der Waals surface area (Å²) in [5, 5.41) is 1.89. The lowest BCUT2D eigenvalue weighted by Crippen LogP contribution is -2.38. The number of nitrogens with two attached hydrogens (primary N) is 3. The minimum Gasteiger partial charge on any atom is -0.448 e. The highest BCUT2D eigenvalue weighted by atomic mass is 35.5. The van der Waals surface area contributed by atoms with Crippen LogP contribution in [0.3, 0.4) is 0 Å². The molecule has 11 heteroatoms. The minimum absolute atomic E-state index is 0.117. The van der Waals surface area contributed by atoms with E-state index in [1.807, 2.05) is 0 Å². The van der Waals surface area contributed by atoms with Crippen molar-refractivity contribution in [1.82, 2.24) is 15.3 Å². The lowest BCUT2D eigenvalue weighted by molar-refractivity contribution is 0.0972. The number of guanidine groups is 1. The van der Waals surface area contributed by atoms with Gasteiger partial charge in [0.1, 0.15) is 0 Å². The lowest BCUT2D eigenvalue weighted by atomic mass is 10.4. The molecule has 10 nitrogen and oxygen atoms in total. The summed E-state index contributed by atoms with van der Waals surface area (Å²) in [6.07, 6.45) is -0.945. The number of anilines is 2. The molecule has 0 atom stereocenters. The summed E-state index contributed by atoms with van der Waals surface area (Å²) < 4.78 is 4.51. The first-order chi connectivity index (χ1) is 9.35. The van der Waals surface area contributed by atoms with E-state index in [4.69, 9.17) is 28.8 Å². The van der Waals surface area contributed by atoms with Gasteiger partial charge in [-0.1, -0.05) is 11.6 Å². The summed E-state index contributed by atoms with van der Waals surface area (Å²) in [5.74, 6) is -1.69. The van der Waals surface area contributed by atoms with Crippen molar-refractivity contribution in [2.75, 3.05) is 18.1 Å². The molecule has 0 unspecified atom stereocenters. The zero-order valence-electron chi connectivity index (χ0n) is 10.4. The van der Waals surface area contributed by atoms with Crippen molar-refractivity contribution in [2.24, 2.45) is 10.7 Å². The van der Waals surface area contributed by atoms with E-state index in [2.05, 4.69) is 25.0 Å². The standard InChI is InChI=1S/C9H12ClN7O3/c1-2-20-9(19)17-8(13)16-7(18)3-5(11)15-6(12)4(10)14-3/h2H2,1H3,(H4,11,12,15)(H3,13,16,17,18,19). The van der Waals surface area contributed by atoms with E-state index in [0.717, 1.165) is 0 Å². The maximum atomic E-state index is 11.8. The molecule has 2 amide bonds. The van der Waals surface area contributed by atoms with E-state index in [-0.39, 0.29) is 29.1 Å². The second-order valence-corrected chi connectivity index (χ2v) is 3.64. The summed E-state index contributed by atoms with van der Waals surface area (Å²) in [4.78, 5) is 33.3. The van der Waals surface area contributed by atoms with Gasteiger partial charge >= 0.3 is 6.09 Å². The van der Waals surface area contributed by atoms with Crippen LogP contribution in [-0.4, -0.2) is 34.5 Å². The first-order valence-electron chi connectivity index (χ1n) is 5.25. The van der Waals surface area contributed by atoms with Crippen LogP contribution in [0.4, 0.5) is 16.4 Å². The molecule has 0 saturated heterocycles. The van der Waals surface area contributed by atoms with Crippen LogP contribution in [0.1, 0.15) is 17.4 Å². The number of aromatic nitrogens is 2. The fraction of sp³-hybridized carbons (Fsp3) is 0.222. The molecule has 0 aliphatic rings. The number of amides is 2. The predicted molar refractivity (Wildman–Crippen MR) is 72.0 cm³/mol. The summed E-state index contributed by atoms with van der Waals surface area (Å²) in [6, 6.07) is 0. The van der Waals surface area contributed by atoms with Gasteiger partial charge in [0.05, 0.1) is 6.61 Å². The molecule has 7 N–H and O–H groups in total. The van der Waals surface area contributed by atoms with Crippen LogP contribution in [0, 0.1) is 0 Å². The predicted octanol–water partition coefficient (Wildman–Crippen LogP) is -0.505. The number of hydrogen-bond donors (Lipinski definition) is 4. The highest BCUT2D eigenvalue weighted by Gasteiger charge is 2.17. The normalized spacial score (nSPS) is 11.0. The Morgan fingerprint density at radius 1 is 1.35 bits per heavy atom. The van der Waals surface area contributed by atoms with Crippen LogP contribution in [0.2, 0.25) is 5.15 Å². The van der Waals surface area contributed by atoms with Crippen LogP contribution in [0.25, 0.3) is 0 Å². The van der Waals surface area contributed by atoms with Crippen molar-refractivity contribution in [1.29, 1.82) is 0 Å². The molecule has 108 valence electrons. The number of carbonyl (C=O) groups excluding carboxylic acids is 2. The molecule has 0 radical (unpaired) electrons. The Kier molecular flexibility index (Phi) is 5.03. The molecule has 0 saturated carbocycles. The van der Waals surface area contributed by atoms with Gasteiger partial charge < -0.3 is 21.9 Å². The minimum atomic E-state index is -0.945. The van der Waals surface area contributed by atoms with E-state index in [9.17, 15) is 9.59 Å². The van der Waals surface area contributed by atoms with E-state index < -0.39 is 18.0 Å². The Hall–Kier alpha value is -2.62. The largest absolute Gasteiger partial charge is 0.448 e. The van der Waals surface area contributed by atoms with Gasteiger partial charge in [0.15, 0.2) is 22.5 Å². The molecule has 20 heavy (non-hydrogen) atoms. The fourth-order valence-corrected chi connectivity index (χ4v) is 1.19. The van der Waals surface area contributed by atoms with E-state index in [1.165, 1.54) is 0 Å². The smallest absolute Gasteiger partial charge is 0.436 e. The van der Waals surface area contributed by atoms with Crippen molar-refractivity contribution >= 4 is 41.2 Å². The number of nitrogens with zero attached hydrogens (tertiary/aromatic N) is 3. The molecule has 0 fully saturated rings. The number of carbonyl (C=O) groups is 2. The number of halogens is 1. The van der Waals surface area contributed by atoms with Gasteiger partial charge in [-0.15, -0.1) is 4.99 Å². The topological polar surface area (TPSA) is 172 Å². The van der Waals surface area contributed by atoms with Gasteiger partial charge in [-0.3, -0.25) is 10.1 Å². The number of rotatable bonds is 2. The first kappa shape index (κ1) is 15.4. The molecule has 0 spiro atoms. The SMILES string of the molecule is CCOC(=O)N=C(N)NC(=O)c1nc(Cl)c(N)nc1N. The zero-order valence-corrected chi connectivity index (χ0v) is 11.1. The van der Waals surface area contributed by atoms with Gasteiger partial charge in [-0.05, 0) is 6.92 Å². The molecule has 1 rings (SSSR count). The van der Waals surface area contributed by atoms with Gasteiger partial charge in [0.25, 0.3) is 5.91 Å². The van der Waals surface area contributed by atoms with E-state index in [1.54, 1.807) is 6.92 Å². The first-order valence-corrected chi connectivity index (χ1v) is 5.63. The van der Waals surface area contributed by atoms with Gasteiger partial charge in [-0.25, -0.2) is 14.8 Å². The maximum absolute atomic E-state index is 11.8. The summed E-state index contributed by atoms with van der Waals surface area (Å²) in [5.41, 5.74) is 15.9. The highest BCUT2D eigenvalue weighted by Crippen LogP contribution is 2.16. The quantitative estimate of drug-likeness (QED) is 0.418. The maximum Gasteiger partial charge on any atom is 0.436 e. The molecule has 0 aliphatic heterocycles. The molecular weight excluding hydrogens is 290 g/mol. The molecule has 1 heterocycles. The molecule has 0 aliphatic carbocycles. The number of nitrogen functional groups attached to an aromatic ring is 2. The second kappa shape index (κ2) is 6.52. The van der Waals surface area contributed by atoms with Crippen molar-refractivity contribution in [3.05, 3.63) is 10.8 Å². The van der Waals surface area contributed by atoms with Crippen molar-refractivity contribution in [2.45, 2.75) is 6.92 Å². The van der Waals surface area contributed by atoms with Crippen LogP contribution in [0.15, 0.2) is 4.99 Å². The molecule has 0 aromatic carbocycles. The molecular formula is C9H12ClN7O3. The molecule has 1 aromatic heterocycles. The summed E-state index contributed by atoms with van der Waals surface area (Å²) in [7, 11) is 0. The zero-order chi connectivity index (χ0) is 15.3. The van der Waals surface area contributed by atoms with Crippen LogP contribution >= 0.6 is 11.6 Å². The van der Waals surface area contributed by atoms with Crippen LogP contribution in [0.5, 0.6) is 0 Å². The van der Waals surface area contributed by atoms with Gasteiger partial charge in [0.2, 0.25) is 5.96 Å². The lowest BCUT2D eigenvalue weighted by Gasteiger charge is -2.06. The number of aliphatic imine (C=N–C) groups is 1. The Labute approximate surface area is 118 Å². The highest BCUT2D eigenvalue weighted by molar-refractivity contribution is 6.31. The van der Waals surface area contributed by atoms with Crippen molar-refractivity contribution < 1.29 is 14.3 Å². The third-order valence-corrected chi connectivity index (χ3v) is 2.12. The average Bonchev–Trinajstić information content (AvgIpc) is 2.33. The Morgan fingerprint density at radius 3 is 2.60 bits per heavy atom. The third kappa shape index (κ3) is 3.95. The molecule has 0 bridgehead atoms.